The van der Waals surface area contributed by atoms with E-state index >= 15 is 0 Å². The van der Waals surface area contributed by atoms with Crippen LogP contribution in [0, 0.1) is 0 Å². The zero-order valence-corrected chi connectivity index (χ0v) is 9.76. The molecule has 3 rings (SSSR count). The summed E-state index contributed by atoms with van der Waals surface area (Å²) < 4.78 is 0. The Morgan fingerprint density at radius 3 is 2.89 bits per heavy atom. The molecule has 0 aliphatic heterocycles. The van der Waals surface area contributed by atoms with E-state index in [1.807, 2.05) is 24.3 Å². The van der Waals surface area contributed by atoms with Crippen LogP contribution >= 0.6 is 0 Å². The molecule has 1 aliphatic rings. The lowest BCUT2D eigenvalue weighted by atomic mass is 9.77. The number of anilines is 2. The third kappa shape index (κ3) is 1.72. The van der Waals surface area contributed by atoms with Crippen molar-refractivity contribution in [2.24, 2.45) is 0 Å². The van der Waals surface area contributed by atoms with Crippen molar-refractivity contribution in [3.63, 3.8) is 0 Å². The molecule has 1 aromatic heterocycles. The maximum absolute atomic E-state index is 12.1. The Kier molecular flexibility index (Phi) is 2.48. The van der Waals surface area contributed by atoms with Crippen LogP contribution in [0.5, 0.6) is 0 Å². The first-order valence-electron chi connectivity index (χ1n) is 5.85. The first-order valence-corrected chi connectivity index (χ1v) is 5.85. The normalized spacial score (nSPS) is 16.6. The summed E-state index contributed by atoms with van der Waals surface area (Å²) in [5.41, 5.74) is 8.57. The number of carbonyl (C=O) groups excluding carboxylic acids is 1. The molecule has 90 valence electrons. The van der Waals surface area contributed by atoms with Crippen molar-refractivity contribution < 1.29 is 4.79 Å². The lowest BCUT2D eigenvalue weighted by molar-refractivity contribution is -0.118. The summed E-state index contributed by atoms with van der Waals surface area (Å²) in [4.78, 5) is 16.2. The number of hydrogen-bond donors (Lipinski definition) is 2. The summed E-state index contributed by atoms with van der Waals surface area (Å²) >= 11 is 0. The Morgan fingerprint density at radius 1 is 1.28 bits per heavy atom. The molecule has 1 unspecified atom stereocenters. The Balaban J connectivity index is 1.77. The SMILES string of the molecule is Nc1cccnc1NC(=O)C1Cc2ccccc21. The van der Waals surface area contributed by atoms with Crippen molar-refractivity contribution in [3.05, 3.63) is 53.7 Å². The average Bonchev–Trinajstić information content (AvgIpc) is 2.34. The van der Waals surface area contributed by atoms with Crippen molar-refractivity contribution in [2.75, 3.05) is 11.1 Å². The van der Waals surface area contributed by atoms with Gasteiger partial charge in [-0.15, -0.1) is 0 Å². The second-order valence-corrected chi connectivity index (χ2v) is 4.39. The minimum absolute atomic E-state index is 0.0425. The van der Waals surface area contributed by atoms with Crippen LogP contribution in [-0.2, 0) is 11.2 Å². The summed E-state index contributed by atoms with van der Waals surface area (Å²) in [7, 11) is 0. The van der Waals surface area contributed by atoms with Crippen molar-refractivity contribution in [1.29, 1.82) is 0 Å². The summed E-state index contributed by atoms with van der Waals surface area (Å²) in [6.45, 7) is 0. The number of aromatic nitrogens is 1. The van der Waals surface area contributed by atoms with Gasteiger partial charge in [0.05, 0.1) is 11.6 Å². The number of carbonyl (C=O) groups is 1. The predicted octanol–water partition coefficient (Wildman–Crippen LogP) is 1.94. The number of nitrogens with two attached hydrogens (primary N) is 1. The zero-order valence-electron chi connectivity index (χ0n) is 9.76. The van der Waals surface area contributed by atoms with Gasteiger partial charge in [-0.3, -0.25) is 4.79 Å². The number of nitrogens with one attached hydrogen (secondary N) is 1. The number of rotatable bonds is 2. The van der Waals surface area contributed by atoms with Crippen LogP contribution in [0.25, 0.3) is 0 Å². The smallest absolute Gasteiger partial charge is 0.233 e. The second-order valence-electron chi connectivity index (χ2n) is 4.39. The van der Waals surface area contributed by atoms with Crippen molar-refractivity contribution in [1.82, 2.24) is 4.98 Å². The largest absolute Gasteiger partial charge is 0.396 e. The molecular formula is C14H13N3O. The van der Waals surface area contributed by atoms with Gasteiger partial charge in [-0.25, -0.2) is 4.98 Å². The highest BCUT2D eigenvalue weighted by Gasteiger charge is 2.31. The fourth-order valence-electron chi connectivity index (χ4n) is 2.22. The molecule has 0 fully saturated rings. The number of nitrogen functional groups attached to an aromatic ring is 1. The van der Waals surface area contributed by atoms with Crippen LogP contribution < -0.4 is 11.1 Å². The van der Waals surface area contributed by atoms with Gasteiger partial charge in [0.15, 0.2) is 5.82 Å². The lowest BCUT2D eigenvalue weighted by Gasteiger charge is -2.28. The van der Waals surface area contributed by atoms with E-state index in [1.165, 1.54) is 5.56 Å². The molecule has 1 aliphatic carbocycles. The molecule has 1 amide bonds. The second kappa shape index (κ2) is 4.14. The minimum atomic E-state index is -0.0809. The van der Waals surface area contributed by atoms with Gasteiger partial charge >= 0.3 is 0 Å². The highest BCUT2D eigenvalue weighted by molar-refractivity contribution is 5.98. The topological polar surface area (TPSA) is 68.0 Å². The fraction of sp³-hybridized carbons (Fsp3) is 0.143. The molecule has 4 nitrogen and oxygen atoms in total. The number of fused-ring (bicyclic) bond motifs is 1. The van der Waals surface area contributed by atoms with E-state index in [0.29, 0.717) is 11.5 Å². The van der Waals surface area contributed by atoms with Crippen molar-refractivity contribution in [2.45, 2.75) is 12.3 Å². The molecule has 0 radical (unpaired) electrons. The molecule has 0 saturated carbocycles. The molecule has 3 N–H and O–H groups in total. The molecule has 1 atom stereocenters. The van der Waals surface area contributed by atoms with Gasteiger partial charge in [-0.1, -0.05) is 24.3 Å². The minimum Gasteiger partial charge on any atom is -0.396 e. The summed E-state index contributed by atoms with van der Waals surface area (Å²) in [5.74, 6) is 0.314. The summed E-state index contributed by atoms with van der Waals surface area (Å²) in [6.07, 6.45) is 2.40. The van der Waals surface area contributed by atoms with E-state index < -0.39 is 0 Å². The quantitative estimate of drug-likeness (QED) is 0.841. The molecule has 2 aromatic rings. The lowest BCUT2D eigenvalue weighted by Crippen LogP contribution is -2.30. The monoisotopic (exact) mass is 239 g/mol. The van der Waals surface area contributed by atoms with E-state index in [2.05, 4.69) is 10.3 Å². The van der Waals surface area contributed by atoms with Gasteiger partial charge in [-0.05, 0) is 29.7 Å². The Labute approximate surface area is 105 Å². The molecule has 0 bridgehead atoms. The van der Waals surface area contributed by atoms with Crippen LogP contribution in [0.2, 0.25) is 0 Å². The van der Waals surface area contributed by atoms with Crippen LogP contribution in [0.1, 0.15) is 17.0 Å². The Hall–Kier alpha value is -2.36. The molecule has 1 heterocycles. The first kappa shape index (κ1) is 10.8. The van der Waals surface area contributed by atoms with Crippen molar-refractivity contribution >= 4 is 17.4 Å². The third-order valence-corrected chi connectivity index (χ3v) is 3.25. The van der Waals surface area contributed by atoms with E-state index in [0.717, 1.165) is 12.0 Å². The Bertz CT molecular complexity index is 609. The molecule has 1 aromatic carbocycles. The highest BCUT2D eigenvalue weighted by Crippen LogP contribution is 2.35. The standard InChI is InChI=1S/C14H13N3O/c15-12-6-3-7-16-13(12)17-14(18)11-8-9-4-1-2-5-10(9)11/h1-7,11H,8,15H2,(H,16,17,18). The maximum atomic E-state index is 12.1. The number of pyridine rings is 1. The van der Waals surface area contributed by atoms with Crippen LogP contribution in [0.3, 0.4) is 0 Å². The number of hydrogen-bond acceptors (Lipinski definition) is 3. The van der Waals surface area contributed by atoms with E-state index in [4.69, 9.17) is 5.73 Å². The van der Waals surface area contributed by atoms with E-state index in [9.17, 15) is 4.79 Å². The Morgan fingerprint density at radius 2 is 2.11 bits per heavy atom. The van der Waals surface area contributed by atoms with Crippen LogP contribution in [-0.4, -0.2) is 10.9 Å². The van der Waals surface area contributed by atoms with Crippen LogP contribution in [0.4, 0.5) is 11.5 Å². The van der Waals surface area contributed by atoms with Gasteiger partial charge in [-0.2, -0.15) is 0 Å². The fourth-order valence-corrected chi connectivity index (χ4v) is 2.22. The summed E-state index contributed by atoms with van der Waals surface area (Å²) in [6, 6.07) is 11.4. The van der Waals surface area contributed by atoms with Gasteiger partial charge in [0.1, 0.15) is 0 Å². The van der Waals surface area contributed by atoms with Crippen LogP contribution in [0.15, 0.2) is 42.6 Å². The first-order chi connectivity index (χ1) is 8.75. The highest BCUT2D eigenvalue weighted by atomic mass is 16.2. The van der Waals surface area contributed by atoms with E-state index in [-0.39, 0.29) is 11.8 Å². The molecule has 0 saturated heterocycles. The van der Waals surface area contributed by atoms with Crippen molar-refractivity contribution in [3.8, 4) is 0 Å². The van der Waals surface area contributed by atoms with E-state index in [1.54, 1.807) is 18.3 Å². The number of nitrogens with zero attached hydrogens (tertiary/aromatic N) is 1. The molecule has 18 heavy (non-hydrogen) atoms. The maximum Gasteiger partial charge on any atom is 0.233 e. The zero-order chi connectivity index (χ0) is 12.5. The molecule has 0 spiro atoms. The molecular weight excluding hydrogens is 226 g/mol. The number of amides is 1. The van der Waals surface area contributed by atoms with Gasteiger partial charge in [0, 0.05) is 6.20 Å². The van der Waals surface area contributed by atoms with Gasteiger partial charge in [0.25, 0.3) is 0 Å². The summed E-state index contributed by atoms with van der Waals surface area (Å²) in [5, 5.41) is 2.78. The third-order valence-electron chi connectivity index (χ3n) is 3.25. The number of benzene rings is 1. The molecule has 4 heteroatoms. The van der Waals surface area contributed by atoms with Gasteiger partial charge < -0.3 is 11.1 Å². The van der Waals surface area contributed by atoms with Gasteiger partial charge in [0.2, 0.25) is 5.91 Å². The predicted molar refractivity (Wildman–Crippen MR) is 70.2 cm³/mol. The average molecular weight is 239 g/mol.